The summed E-state index contributed by atoms with van der Waals surface area (Å²) in [6.45, 7) is 2.13. The molecule has 4 saturated carbocycles. The van der Waals surface area contributed by atoms with Gasteiger partial charge in [0.25, 0.3) is 0 Å². The highest BCUT2D eigenvalue weighted by Gasteiger charge is 2.54. The lowest BCUT2D eigenvalue weighted by atomic mass is 9.56. The Balaban J connectivity index is 1.50. The Morgan fingerprint density at radius 3 is 2.10 bits per heavy atom. The molecule has 1 aromatic rings. The third kappa shape index (κ3) is 2.49. The van der Waals surface area contributed by atoms with Crippen molar-refractivity contribution in [2.45, 2.75) is 56.2 Å². The maximum atomic E-state index is 13.1. The van der Waals surface area contributed by atoms with Gasteiger partial charge < -0.3 is 0 Å². The molecule has 4 aliphatic rings. The summed E-state index contributed by atoms with van der Waals surface area (Å²) >= 11 is 0. The second-order valence-corrected chi connectivity index (χ2v) is 9.26. The van der Waals surface area contributed by atoms with Gasteiger partial charge in [0.15, 0.2) is 0 Å². The van der Waals surface area contributed by atoms with Gasteiger partial charge in [-0.2, -0.15) is 0 Å². The molecule has 0 heterocycles. The molecule has 2 atom stereocenters. The van der Waals surface area contributed by atoms with Crippen LogP contribution >= 0.6 is 0 Å². The smallest absolute Gasteiger partial charge is 0.0984 e. The van der Waals surface area contributed by atoms with E-state index in [2.05, 4.69) is 35.9 Å². The number of rotatable bonds is 4. The van der Waals surface area contributed by atoms with Gasteiger partial charge in [0.1, 0.15) is 0 Å². The van der Waals surface area contributed by atoms with Gasteiger partial charge in [-0.25, -0.2) is 8.93 Å². The van der Waals surface area contributed by atoms with Crippen molar-refractivity contribution in [2.75, 3.05) is 0 Å². The summed E-state index contributed by atoms with van der Waals surface area (Å²) in [6.07, 6.45) is 7.81. The highest BCUT2D eigenvalue weighted by molar-refractivity contribution is 7.84. The largest absolute Gasteiger partial charge is 0.242 e. The predicted molar refractivity (Wildman–Crippen MR) is 87.0 cm³/mol. The van der Waals surface area contributed by atoms with Crippen LogP contribution in [0.2, 0.25) is 0 Å². The third-order valence-electron chi connectivity index (χ3n) is 5.96. The molecule has 4 aliphatic carbocycles. The van der Waals surface area contributed by atoms with Gasteiger partial charge >= 0.3 is 0 Å². The standard InChI is InChI=1S/C18H25NOS/c1-13(17-5-3-2-4-6-17)19-21(20)18-10-14-7-15(11-18)9-16(8-14)12-18/h2-6,13-16,19H,7-12H2,1H3. The van der Waals surface area contributed by atoms with Crippen LogP contribution in [0.3, 0.4) is 0 Å². The molecule has 0 spiro atoms. The maximum absolute atomic E-state index is 13.1. The first-order valence-corrected chi connectivity index (χ1v) is 9.53. The van der Waals surface area contributed by atoms with Crippen LogP contribution in [0.4, 0.5) is 0 Å². The van der Waals surface area contributed by atoms with Crippen LogP contribution in [0.25, 0.3) is 0 Å². The van der Waals surface area contributed by atoms with Gasteiger partial charge in [-0.1, -0.05) is 30.3 Å². The molecule has 0 aromatic heterocycles. The van der Waals surface area contributed by atoms with Crippen LogP contribution in [0.15, 0.2) is 30.3 Å². The van der Waals surface area contributed by atoms with E-state index < -0.39 is 11.0 Å². The van der Waals surface area contributed by atoms with Crippen molar-refractivity contribution in [3.8, 4) is 0 Å². The van der Waals surface area contributed by atoms with Crippen molar-refractivity contribution >= 4 is 11.0 Å². The Bertz CT molecular complexity index is 506. The predicted octanol–water partition coefficient (Wildman–Crippen LogP) is 3.97. The van der Waals surface area contributed by atoms with E-state index in [1.807, 2.05) is 6.07 Å². The lowest BCUT2D eigenvalue weighted by Crippen LogP contribution is -2.55. The average Bonchev–Trinajstić information content (AvgIpc) is 2.46. The average molecular weight is 303 g/mol. The minimum atomic E-state index is -0.905. The Morgan fingerprint density at radius 1 is 1.05 bits per heavy atom. The lowest BCUT2D eigenvalue weighted by Gasteiger charge is -2.56. The summed E-state index contributed by atoms with van der Waals surface area (Å²) in [5, 5.41) is 0. The Hall–Kier alpha value is -0.670. The molecular weight excluding hydrogens is 278 g/mol. The van der Waals surface area contributed by atoms with Crippen LogP contribution in [0.5, 0.6) is 0 Å². The van der Waals surface area contributed by atoms with Gasteiger partial charge in [0.05, 0.1) is 15.7 Å². The van der Waals surface area contributed by atoms with Gasteiger partial charge in [-0.15, -0.1) is 0 Å². The van der Waals surface area contributed by atoms with E-state index in [1.54, 1.807) is 0 Å². The molecule has 4 fully saturated rings. The van der Waals surface area contributed by atoms with Crippen molar-refractivity contribution in [1.82, 2.24) is 4.72 Å². The second-order valence-electron chi connectivity index (χ2n) is 7.62. The first-order valence-electron chi connectivity index (χ1n) is 8.38. The summed E-state index contributed by atoms with van der Waals surface area (Å²) in [4.78, 5) is 0. The van der Waals surface area contributed by atoms with Crippen LogP contribution in [-0.4, -0.2) is 8.96 Å². The Kier molecular flexibility index (Phi) is 3.46. The summed E-state index contributed by atoms with van der Waals surface area (Å²) in [6, 6.07) is 10.6. The summed E-state index contributed by atoms with van der Waals surface area (Å²) < 4.78 is 16.6. The Morgan fingerprint density at radius 2 is 1.57 bits per heavy atom. The molecule has 21 heavy (non-hydrogen) atoms. The monoisotopic (exact) mass is 303 g/mol. The molecule has 0 radical (unpaired) electrons. The van der Waals surface area contributed by atoms with Crippen molar-refractivity contribution in [3.05, 3.63) is 35.9 Å². The fourth-order valence-corrected chi connectivity index (χ4v) is 7.22. The zero-order valence-electron chi connectivity index (χ0n) is 12.8. The molecule has 3 heteroatoms. The molecule has 0 aliphatic heterocycles. The van der Waals surface area contributed by atoms with Crippen molar-refractivity contribution in [2.24, 2.45) is 17.8 Å². The van der Waals surface area contributed by atoms with Crippen LogP contribution in [0.1, 0.15) is 57.1 Å². The SMILES string of the molecule is CC(NS(=O)C12CC3CC(CC(C3)C1)C2)c1ccccc1. The summed E-state index contributed by atoms with van der Waals surface area (Å²) in [7, 11) is -0.905. The van der Waals surface area contributed by atoms with Gasteiger partial charge in [-0.3, -0.25) is 0 Å². The van der Waals surface area contributed by atoms with E-state index in [-0.39, 0.29) is 10.8 Å². The molecule has 114 valence electrons. The molecule has 2 unspecified atom stereocenters. The van der Waals surface area contributed by atoms with Crippen LogP contribution in [-0.2, 0) is 11.0 Å². The number of benzene rings is 1. The molecule has 0 amide bonds. The fraction of sp³-hybridized carbons (Fsp3) is 0.667. The lowest BCUT2D eigenvalue weighted by molar-refractivity contribution is 0.0355. The minimum Gasteiger partial charge on any atom is -0.242 e. The minimum absolute atomic E-state index is 0.0811. The fourth-order valence-electron chi connectivity index (χ4n) is 5.35. The molecule has 1 aromatic carbocycles. The molecule has 5 rings (SSSR count). The highest BCUT2D eigenvalue weighted by atomic mass is 32.2. The zero-order chi connectivity index (χ0) is 14.4. The van der Waals surface area contributed by atoms with Crippen molar-refractivity contribution in [3.63, 3.8) is 0 Å². The number of hydrogen-bond acceptors (Lipinski definition) is 1. The summed E-state index contributed by atoms with van der Waals surface area (Å²) in [5.41, 5.74) is 1.23. The van der Waals surface area contributed by atoms with Gasteiger partial charge in [0.2, 0.25) is 0 Å². The topological polar surface area (TPSA) is 29.1 Å². The van der Waals surface area contributed by atoms with E-state index in [0.29, 0.717) is 0 Å². The van der Waals surface area contributed by atoms with Crippen LogP contribution in [0, 0.1) is 17.8 Å². The highest BCUT2D eigenvalue weighted by Crippen LogP contribution is 2.57. The Labute approximate surface area is 130 Å². The number of hydrogen-bond donors (Lipinski definition) is 1. The quantitative estimate of drug-likeness (QED) is 0.896. The molecule has 4 bridgehead atoms. The normalized spacial score (nSPS) is 40.1. The first-order chi connectivity index (χ1) is 10.1. The molecule has 1 N–H and O–H groups in total. The molecular formula is C18H25NOS. The first kappa shape index (κ1) is 14.0. The van der Waals surface area contributed by atoms with E-state index in [0.717, 1.165) is 17.8 Å². The number of nitrogens with one attached hydrogen (secondary N) is 1. The van der Waals surface area contributed by atoms with E-state index in [9.17, 15) is 4.21 Å². The van der Waals surface area contributed by atoms with Crippen molar-refractivity contribution in [1.29, 1.82) is 0 Å². The maximum Gasteiger partial charge on any atom is 0.0984 e. The molecule has 0 saturated heterocycles. The third-order valence-corrected chi connectivity index (χ3v) is 7.81. The van der Waals surface area contributed by atoms with Gasteiger partial charge in [0, 0.05) is 6.04 Å². The van der Waals surface area contributed by atoms with E-state index in [1.165, 1.54) is 44.1 Å². The second kappa shape index (κ2) is 5.20. The van der Waals surface area contributed by atoms with E-state index in [4.69, 9.17) is 0 Å². The van der Waals surface area contributed by atoms with Crippen LogP contribution < -0.4 is 4.72 Å². The van der Waals surface area contributed by atoms with Gasteiger partial charge in [-0.05, 0) is 68.8 Å². The summed E-state index contributed by atoms with van der Waals surface area (Å²) in [5.74, 6) is 2.57. The van der Waals surface area contributed by atoms with Crippen molar-refractivity contribution < 1.29 is 4.21 Å². The molecule has 2 nitrogen and oxygen atoms in total. The zero-order valence-corrected chi connectivity index (χ0v) is 13.6. The van der Waals surface area contributed by atoms with E-state index >= 15 is 0 Å².